The van der Waals surface area contributed by atoms with Gasteiger partial charge in [-0.2, -0.15) is 0 Å². The number of aromatic nitrogens is 3. The van der Waals surface area contributed by atoms with Crippen LogP contribution in [0.1, 0.15) is 29.2 Å². The first-order valence-electron chi connectivity index (χ1n) is 8.35. The molecule has 0 unspecified atom stereocenters. The molecule has 2 N–H and O–H groups in total. The fourth-order valence-corrected chi connectivity index (χ4v) is 2.96. The van der Waals surface area contributed by atoms with E-state index in [4.69, 9.17) is 4.74 Å². The lowest BCUT2D eigenvalue weighted by atomic mass is 10.0. The van der Waals surface area contributed by atoms with Crippen molar-refractivity contribution in [2.24, 2.45) is 0 Å². The van der Waals surface area contributed by atoms with Gasteiger partial charge in [0.2, 0.25) is 5.13 Å². The highest BCUT2D eigenvalue weighted by Gasteiger charge is 2.17. The minimum absolute atomic E-state index is 0.313. The predicted molar refractivity (Wildman–Crippen MR) is 107 cm³/mol. The van der Waals surface area contributed by atoms with Gasteiger partial charge in [0, 0.05) is 23.5 Å². The van der Waals surface area contributed by atoms with Gasteiger partial charge in [0.05, 0.1) is 12.7 Å². The summed E-state index contributed by atoms with van der Waals surface area (Å²) in [6.45, 7) is 3.15. The van der Waals surface area contributed by atoms with E-state index in [1.54, 1.807) is 39.4 Å². The summed E-state index contributed by atoms with van der Waals surface area (Å²) in [6.07, 6.45) is 3.17. The molecule has 0 saturated heterocycles. The van der Waals surface area contributed by atoms with Gasteiger partial charge >= 0.3 is 0 Å². The van der Waals surface area contributed by atoms with Crippen molar-refractivity contribution < 1.29 is 14.6 Å². The molecule has 28 heavy (non-hydrogen) atoms. The maximum absolute atomic E-state index is 12.8. The van der Waals surface area contributed by atoms with Crippen molar-refractivity contribution in [3.8, 4) is 28.7 Å². The second kappa shape index (κ2) is 8.17. The van der Waals surface area contributed by atoms with Crippen molar-refractivity contribution in [2.75, 3.05) is 12.4 Å². The van der Waals surface area contributed by atoms with E-state index < -0.39 is 5.60 Å². The Morgan fingerprint density at radius 1 is 1.21 bits per heavy atom. The molecular formula is C20H18N4O3S. The van der Waals surface area contributed by atoms with Crippen LogP contribution in [0.3, 0.4) is 0 Å². The predicted octanol–water partition coefficient (Wildman–Crippen LogP) is 2.98. The van der Waals surface area contributed by atoms with Crippen LogP contribution in [0, 0.1) is 11.8 Å². The molecule has 2 heterocycles. The van der Waals surface area contributed by atoms with Crippen LogP contribution >= 0.6 is 11.3 Å². The minimum atomic E-state index is -1.13. The number of carbonyl (C=O) groups is 1. The highest BCUT2D eigenvalue weighted by molar-refractivity contribution is 7.15. The highest BCUT2D eigenvalue weighted by atomic mass is 32.1. The Hall–Kier alpha value is -3.28. The van der Waals surface area contributed by atoms with Crippen molar-refractivity contribution in [3.63, 3.8) is 0 Å². The fourth-order valence-electron chi connectivity index (χ4n) is 2.37. The maximum atomic E-state index is 12.8. The topological polar surface area (TPSA) is 97.2 Å². The summed E-state index contributed by atoms with van der Waals surface area (Å²) < 4.78 is 5.39. The standard InChI is InChI=1S/C20H18N4O3S/c1-20(2,26)10-8-17-23-24-19(28-17)22-18(25)14-9-11-21-12-15(14)13-6-4-5-7-16(13)27-3/h4-7,9,11-12,26H,1-3H3,(H,22,24,25). The van der Waals surface area contributed by atoms with E-state index in [9.17, 15) is 9.90 Å². The maximum Gasteiger partial charge on any atom is 0.258 e. The minimum Gasteiger partial charge on any atom is -0.496 e. The molecule has 8 heteroatoms. The van der Waals surface area contributed by atoms with Gasteiger partial charge in [0.1, 0.15) is 11.4 Å². The number of pyridine rings is 1. The van der Waals surface area contributed by atoms with Gasteiger partial charge in [-0.25, -0.2) is 0 Å². The summed E-state index contributed by atoms with van der Waals surface area (Å²) in [5.41, 5.74) is 0.704. The zero-order chi connectivity index (χ0) is 20.1. The van der Waals surface area contributed by atoms with E-state index in [1.165, 1.54) is 0 Å². The first-order valence-corrected chi connectivity index (χ1v) is 9.17. The first-order chi connectivity index (χ1) is 13.4. The molecule has 0 spiro atoms. The molecule has 0 aliphatic carbocycles. The first kappa shape index (κ1) is 19.5. The van der Waals surface area contributed by atoms with E-state index >= 15 is 0 Å². The number of nitrogens with one attached hydrogen (secondary N) is 1. The number of rotatable bonds is 4. The summed E-state index contributed by atoms with van der Waals surface area (Å²) in [4.78, 5) is 17.0. The number of aliphatic hydroxyl groups is 1. The van der Waals surface area contributed by atoms with Crippen molar-refractivity contribution in [1.82, 2.24) is 15.2 Å². The second-order valence-electron chi connectivity index (χ2n) is 6.30. The zero-order valence-corrected chi connectivity index (χ0v) is 16.4. The molecule has 7 nitrogen and oxygen atoms in total. The van der Waals surface area contributed by atoms with Gasteiger partial charge in [0.25, 0.3) is 5.91 Å². The zero-order valence-electron chi connectivity index (χ0n) is 15.6. The smallest absolute Gasteiger partial charge is 0.258 e. The lowest BCUT2D eigenvalue weighted by Gasteiger charge is -2.11. The normalized spacial score (nSPS) is 10.7. The third-order valence-electron chi connectivity index (χ3n) is 3.58. The van der Waals surface area contributed by atoms with E-state index in [0.717, 1.165) is 16.9 Å². The molecular weight excluding hydrogens is 376 g/mol. The van der Waals surface area contributed by atoms with Gasteiger partial charge in [0.15, 0.2) is 5.01 Å². The third-order valence-corrected chi connectivity index (χ3v) is 4.34. The van der Waals surface area contributed by atoms with Crippen molar-refractivity contribution in [2.45, 2.75) is 19.4 Å². The van der Waals surface area contributed by atoms with Gasteiger partial charge < -0.3 is 9.84 Å². The number of carbonyl (C=O) groups excluding carboxylic acids is 1. The molecule has 0 atom stereocenters. The Morgan fingerprint density at radius 2 is 2.00 bits per heavy atom. The van der Waals surface area contributed by atoms with Crippen LogP contribution in [0.5, 0.6) is 5.75 Å². The third kappa shape index (κ3) is 4.71. The number of nitrogens with zero attached hydrogens (tertiary/aromatic N) is 3. The lowest BCUT2D eigenvalue weighted by Crippen LogP contribution is -2.14. The summed E-state index contributed by atoms with van der Waals surface area (Å²) in [7, 11) is 1.58. The molecule has 0 saturated carbocycles. The van der Waals surface area contributed by atoms with Crippen LogP contribution in [-0.2, 0) is 0 Å². The average molecular weight is 394 g/mol. The summed E-state index contributed by atoms with van der Waals surface area (Å²) in [5, 5.41) is 20.9. The molecule has 0 bridgehead atoms. The number of ether oxygens (including phenoxy) is 1. The van der Waals surface area contributed by atoms with Gasteiger partial charge in [-0.1, -0.05) is 35.5 Å². The molecule has 1 aromatic carbocycles. The van der Waals surface area contributed by atoms with Crippen LogP contribution in [0.15, 0.2) is 42.7 Å². The number of benzene rings is 1. The number of hydrogen-bond donors (Lipinski definition) is 2. The summed E-state index contributed by atoms with van der Waals surface area (Å²) in [6, 6.07) is 9.04. The van der Waals surface area contributed by atoms with Crippen LogP contribution < -0.4 is 10.1 Å². The highest BCUT2D eigenvalue weighted by Crippen LogP contribution is 2.32. The average Bonchev–Trinajstić information content (AvgIpc) is 3.13. The van der Waals surface area contributed by atoms with Crippen molar-refractivity contribution in [3.05, 3.63) is 53.3 Å². The summed E-state index contributed by atoms with van der Waals surface area (Å²) in [5.74, 6) is 5.69. The monoisotopic (exact) mass is 394 g/mol. The van der Waals surface area contributed by atoms with Gasteiger partial charge in [-0.15, -0.1) is 10.2 Å². The molecule has 0 radical (unpaired) electrons. The molecule has 142 valence electrons. The quantitative estimate of drug-likeness (QED) is 0.661. The molecule has 0 aliphatic rings. The number of hydrogen-bond acceptors (Lipinski definition) is 7. The van der Waals surface area contributed by atoms with Crippen molar-refractivity contribution in [1.29, 1.82) is 0 Å². The van der Waals surface area contributed by atoms with E-state index in [-0.39, 0.29) is 5.91 Å². The second-order valence-corrected chi connectivity index (χ2v) is 7.27. The molecule has 3 aromatic rings. The Kier molecular flexibility index (Phi) is 5.68. The van der Waals surface area contributed by atoms with Crippen LogP contribution in [0.2, 0.25) is 0 Å². The number of para-hydroxylation sites is 1. The number of methoxy groups -OCH3 is 1. The van der Waals surface area contributed by atoms with E-state index in [2.05, 4.69) is 32.3 Å². The van der Waals surface area contributed by atoms with Crippen LogP contribution in [-0.4, -0.2) is 38.9 Å². The van der Waals surface area contributed by atoms with Crippen molar-refractivity contribution >= 4 is 22.4 Å². The fraction of sp³-hybridized carbons (Fsp3) is 0.200. The van der Waals surface area contributed by atoms with Crippen LogP contribution in [0.4, 0.5) is 5.13 Å². The van der Waals surface area contributed by atoms with E-state index in [1.807, 2.05) is 24.3 Å². The van der Waals surface area contributed by atoms with Gasteiger partial charge in [-0.3, -0.25) is 15.1 Å². The molecule has 0 aliphatic heterocycles. The molecule has 1 amide bonds. The molecule has 0 fully saturated rings. The number of amides is 1. The SMILES string of the molecule is COc1ccccc1-c1cnccc1C(=O)Nc1nnc(C#CC(C)(C)O)s1. The summed E-state index contributed by atoms with van der Waals surface area (Å²) >= 11 is 1.13. The van der Waals surface area contributed by atoms with Gasteiger partial charge in [-0.05, 0) is 31.9 Å². The molecule has 3 rings (SSSR count). The Balaban J connectivity index is 1.87. The Bertz CT molecular complexity index is 1060. The Morgan fingerprint density at radius 3 is 2.75 bits per heavy atom. The Labute approximate surface area is 166 Å². The van der Waals surface area contributed by atoms with Crippen LogP contribution in [0.25, 0.3) is 11.1 Å². The van der Waals surface area contributed by atoms with E-state index in [0.29, 0.717) is 27.0 Å². The number of anilines is 1. The molecule has 2 aromatic heterocycles. The lowest BCUT2D eigenvalue weighted by molar-refractivity contribution is 0.102. The largest absolute Gasteiger partial charge is 0.496 e.